The number of hydrogen-bond acceptors (Lipinski definition) is 6. The molecule has 1 amide bonds. The Bertz CT molecular complexity index is 682. The first-order valence-electron chi connectivity index (χ1n) is 6.59. The summed E-state index contributed by atoms with van der Waals surface area (Å²) in [6.45, 7) is 4.00. The molecular formula is C13H19ClN4O4. The van der Waals surface area contributed by atoms with Crippen LogP contribution in [0.25, 0.3) is 11.1 Å². The molecule has 0 bridgehead atoms. The maximum Gasteiger partial charge on any atom is 0.262 e. The molecule has 0 atom stereocenters. The molecule has 0 aliphatic carbocycles. The van der Waals surface area contributed by atoms with Crippen LogP contribution < -0.4 is 16.2 Å². The molecular weight excluding hydrogens is 312 g/mol. The summed E-state index contributed by atoms with van der Waals surface area (Å²) in [6.07, 6.45) is 1.25. The van der Waals surface area contributed by atoms with Gasteiger partial charge in [-0.1, -0.05) is 0 Å². The first-order valence-corrected chi connectivity index (χ1v) is 6.59. The van der Waals surface area contributed by atoms with E-state index in [4.69, 9.17) is 9.15 Å². The maximum absolute atomic E-state index is 12.2. The number of amides is 1. The minimum absolute atomic E-state index is 0. The highest BCUT2D eigenvalue weighted by Crippen LogP contribution is 2.19. The van der Waals surface area contributed by atoms with E-state index >= 15 is 0 Å². The van der Waals surface area contributed by atoms with Gasteiger partial charge in [0.2, 0.25) is 5.71 Å². The topological polar surface area (TPSA) is 109 Å². The van der Waals surface area contributed by atoms with Gasteiger partial charge in [0, 0.05) is 26.7 Å². The summed E-state index contributed by atoms with van der Waals surface area (Å²) in [5.41, 5.74) is 0.0103. The van der Waals surface area contributed by atoms with Crippen LogP contribution in [-0.4, -0.2) is 49.2 Å². The lowest BCUT2D eigenvalue weighted by atomic mass is 10.2. The van der Waals surface area contributed by atoms with E-state index < -0.39 is 0 Å². The number of hydrogen-bond donors (Lipinski definition) is 3. The van der Waals surface area contributed by atoms with Crippen LogP contribution in [0, 0.1) is 6.92 Å². The Hall–Kier alpha value is -1.90. The van der Waals surface area contributed by atoms with Crippen LogP contribution in [0.4, 0.5) is 0 Å². The van der Waals surface area contributed by atoms with Crippen molar-refractivity contribution < 1.29 is 13.9 Å². The fourth-order valence-electron chi connectivity index (χ4n) is 1.98. The van der Waals surface area contributed by atoms with E-state index in [-0.39, 0.29) is 40.5 Å². The summed E-state index contributed by atoms with van der Waals surface area (Å²) in [4.78, 5) is 30.3. The van der Waals surface area contributed by atoms with Crippen LogP contribution in [0.1, 0.15) is 16.1 Å². The lowest BCUT2D eigenvalue weighted by Crippen LogP contribution is -2.33. The summed E-state index contributed by atoms with van der Waals surface area (Å²) in [6, 6.07) is 0. The predicted molar refractivity (Wildman–Crippen MR) is 83.7 cm³/mol. The van der Waals surface area contributed by atoms with Crippen molar-refractivity contribution in [3.8, 4) is 0 Å². The Balaban J connectivity index is 0.00000242. The third kappa shape index (κ3) is 4.06. The van der Waals surface area contributed by atoms with Gasteiger partial charge < -0.3 is 24.8 Å². The number of aromatic nitrogens is 2. The zero-order valence-electron chi connectivity index (χ0n) is 12.4. The Morgan fingerprint density at radius 3 is 2.91 bits per heavy atom. The van der Waals surface area contributed by atoms with Crippen molar-refractivity contribution in [1.29, 1.82) is 0 Å². The van der Waals surface area contributed by atoms with Crippen molar-refractivity contribution in [3.05, 3.63) is 28.0 Å². The van der Waals surface area contributed by atoms with Crippen molar-refractivity contribution in [2.45, 2.75) is 6.92 Å². The SMILES string of the molecule is COCCNCCNC(=O)c1c(C)oc2nc[nH]c(=O)c12.Cl. The Morgan fingerprint density at radius 1 is 1.41 bits per heavy atom. The van der Waals surface area contributed by atoms with E-state index in [1.165, 1.54) is 6.33 Å². The van der Waals surface area contributed by atoms with E-state index in [2.05, 4.69) is 20.6 Å². The van der Waals surface area contributed by atoms with Crippen molar-refractivity contribution >= 4 is 29.4 Å². The standard InChI is InChI=1S/C13H18N4O4.ClH/c1-8-9(10-12(19)16-7-17-13(10)21-8)11(18)15-4-3-14-5-6-20-2;/h7,14H,3-6H2,1-2H3,(H,15,18)(H,16,17,19);1H. The number of rotatable bonds is 7. The number of aryl methyl sites for hydroxylation is 1. The van der Waals surface area contributed by atoms with Gasteiger partial charge in [0.1, 0.15) is 11.1 Å². The molecule has 0 unspecified atom stereocenters. The minimum Gasteiger partial charge on any atom is -0.442 e. The quantitative estimate of drug-likeness (QED) is 0.626. The third-order valence-electron chi connectivity index (χ3n) is 2.97. The Morgan fingerprint density at radius 2 is 2.18 bits per heavy atom. The molecule has 3 N–H and O–H groups in total. The highest BCUT2D eigenvalue weighted by Gasteiger charge is 2.21. The fraction of sp³-hybridized carbons (Fsp3) is 0.462. The average Bonchev–Trinajstić information content (AvgIpc) is 2.80. The van der Waals surface area contributed by atoms with Gasteiger partial charge in [0.25, 0.3) is 11.5 Å². The second-order valence-electron chi connectivity index (χ2n) is 4.44. The number of fused-ring (bicyclic) bond motifs is 1. The van der Waals surface area contributed by atoms with Crippen LogP contribution in [0.3, 0.4) is 0 Å². The number of methoxy groups -OCH3 is 1. The number of aromatic amines is 1. The van der Waals surface area contributed by atoms with Crippen LogP contribution in [0.15, 0.2) is 15.5 Å². The smallest absolute Gasteiger partial charge is 0.262 e. The van der Waals surface area contributed by atoms with Crippen LogP contribution in [0.2, 0.25) is 0 Å². The molecule has 0 aromatic carbocycles. The fourth-order valence-corrected chi connectivity index (χ4v) is 1.98. The second-order valence-corrected chi connectivity index (χ2v) is 4.44. The number of nitrogens with zero attached hydrogens (tertiary/aromatic N) is 1. The summed E-state index contributed by atoms with van der Waals surface area (Å²) >= 11 is 0. The highest BCUT2D eigenvalue weighted by molar-refractivity contribution is 6.06. The van der Waals surface area contributed by atoms with Gasteiger partial charge in [-0.2, -0.15) is 0 Å². The van der Waals surface area contributed by atoms with E-state index in [1.54, 1.807) is 14.0 Å². The molecule has 0 saturated heterocycles. The van der Waals surface area contributed by atoms with Gasteiger partial charge in [-0.25, -0.2) is 4.98 Å². The van der Waals surface area contributed by atoms with E-state index in [1.807, 2.05) is 0 Å². The Labute approximate surface area is 133 Å². The van der Waals surface area contributed by atoms with E-state index in [0.717, 1.165) is 0 Å². The van der Waals surface area contributed by atoms with Gasteiger partial charge in [0.15, 0.2) is 0 Å². The van der Waals surface area contributed by atoms with Crippen molar-refractivity contribution in [2.24, 2.45) is 0 Å². The highest BCUT2D eigenvalue weighted by atomic mass is 35.5. The number of H-pyrrole nitrogens is 1. The molecule has 122 valence electrons. The third-order valence-corrected chi connectivity index (χ3v) is 2.97. The molecule has 9 heteroatoms. The molecule has 0 aliphatic rings. The lowest BCUT2D eigenvalue weighted by molar-refractivity contribution is 0.0953. The van der Waals surface area contributed by atoms with Gasteiger partial charge in [-0.3, -0.25) is 9.59 Å². The Kier molecular flexibility index (Phi) is 7.03. The first-order chi connectivity index (χ1) is 10.1. The maximum atomic E-state index is 12.2. The van der Waals surface area contributed by atoms with Crippen LogP contribution in [0.5, 0.6) is 0 Å². The molecule has 0 radical (unpaired) electrons. The zero-order valence-corrected chi connectivity index (χ0v) is 13.2. The zero-order chi connectivity index (χ0) is 15.2. The van der Waals surface area contributed by atoms with E-state index in [9.17, 15) is 9.59 Å². The average molecular weight is 331 g/mol. The molecule has 0 aliphatic heterocycles. The van der Waals surface area contributed by atoms with Crippen molar-refractivity contribution in [2.75, 3.05) is 33.4 Å². The van der Waals surface area contributed by atoms with Crippen molar-refractivity contribution in [1.82, 2.24) is 20.6 Å². The van der Waals surface area contributed by atoms with Crippen LogP contribution >= 0.6 is 12.4 Å². The second kappa shape index (κ2) is 8.52. The molecule has 22 heavy (non-hydrogen) atoms. The lowest BCUT2D eigenvalue weighted by Gasteiger charge is -2.06. The summed E-state index contributed by atoms with van der Waals surface area (Å²) in [5, 5.41) is 6.03. The molecule has 2 heterocycles. The summed E-state index contributed by atoms with van der Waals surface area (Å²) < 4.78 is 10.2. The minimum atomic E-state index is -0.389. The van der Waals surface area contributed by atoms with Gasteiger partial charge in [-0.05, 0) is 6.92 Å². The van der Waals surface area contributed by atoms with Crippen molar-refractivity contribution in [3.63, 3.8) is 0 Å². The number of nitrogens with one attached hydrogen (secondary N) is 3. The summed E-state index contributed by atoms with van der Waals surface area (Å²) in [7, 11) is 1.63. The first kappa shape index (κ1) is 18.1. The molecule has 0 fully saturated rings. The number of furan rings is 1. The molecule has 0 saturated carbocycles. The molecule has 2 aromatic rings. The number of ether oxygens (including phenoxy) is 1. The molecule has 8 nitrogen and oxygen atoms in total. The monoisotopic (exact) mass is 330 g/mol. The van der Waals surface area contributed by atoms with E-state index in [0.29, 0.717) is 32.0 Å². The largest absolute Gasteiger partial charge is 0.442 e. The van der Waals surface area contributed by atoms with Gasteiger partial charge in [-0.15, -0.1) is 12.4 Å². The predicted octanol–water partition coefficient (Wildman–Crippen LogP) is 0.212. The van der Waals surface area contributed by atoms with Crippen LogP contribution in [-0.2, 0) is 4.74 Å². The molecule has 2 aromatic heterocycles. The van der Waals surface area contributed by atoms with Gasteiger partial charge in [0.05, 0.1) is 18.5 Å². The normalized spacial score (nSPS) is 10.5. The number of carbonyl (C=O) groups excluding carboxylic acids is 1. The summed E-state index contributed by atoms with van der Waals surface area (Å²) in [5.74, 6) is 0.0253. The number of halogens is 1. The number of carbonyl (C=O) groups is 1. The van der Waals surface area contributed by atoms with Gasteiger partial charge >= 0.3 is 0 Å². The molecule has 0 spiro atoms. The molecule has 2 rings (SSSR count).